The van der Waals surface area contributed by atoms with Crippen LogP contribution in [-0.4, -0.2) is 11.9 Å². The van der Waals surface area contributed by atoms with Gasteiger partial charge in [-0.05, 0) is 87.1 Å². The van der Waals surface area contributed by atoms with Crippen LogP contribution in [0.4, 0.5) is 11.4 Å². The van der Waals surface area contributed by atoms with E-state index in [-0.39, 0.29) is 0 Å². The molecule has 0 aliphatic rings. The SMILES string of the molecule is CCCCCCCCCCCCCCCC(C=Nc1cc(C)cc(C)c1)=Nc1cc(C)cc(C)c1. The fraction of sp³-hybridized carbons (Fsp3) is 0.576. The van der Waals surface area contributed by atoms with Gasteiger partial charge in [-0.3, -0.25) is 9.98 Å². The van der Waals surface area contributed by atoms with Crippen molar-refractivity contribution < 1.29 is 0 Å². The summed E-state index contributed by atoms with van der Waals surface area (Å²) >= 11 is 0. The Labute approximate surface area is 216 Å². The van der Waals surface area contributed by atoms with E-state index in [4.69, 9.17) is 9.98 Å². The van der Waals surface area contributed by atoms with Gasteiger partial charge in [0.25, 0.3) is 0 Å². The van der Waals surface area contributed by atoms with Gasteiger partial charge < -0.3 is 0 Å². The van der Waals surface area contributed by atoms with Gasteiger partial charge in [-0.25, -0.2) is 0 Å². The molecule has 0 N–H and O–H groups in total. The van der Waals surface area contributed by atoms with Gasteiger partial charge in [0, 0.05) is 6.21 Å². The van der Waals surface area contributed by atoms with Crippen molar-refractivity contribution in [3.63, 3.8) is 0 Å². The van der Waals surface area contributed by atoms with Gasteiger partial charge in [0.05, 0.1) is 17.1 Å². The lowest BCUT2D eigenvalue weighted by Gasteiger charge is -2.06. The number of hydrogen-bond donors (Lipinski definition) is 0. The predicted molar refractivity (Wildman–Crippen MR) is 157 cm³/mol. The van der Waals surface area contributed by atoms with E-state index in [9.17, 15) is 0 Å². The number of aryl methyl sites for hydroxylation is 4. The van der Waals surface area contributed by atoms with Gasteiger partial charge in [0.1, 0.15) is 0 Å². The first-order valence-electron chi connectivity index (χ1n) is 14.2. The average Bonchev–Trinajstić information content (AvgIpc) is 2.79. The van der Waals surface area contributed by atoms with Crippen LogP contribution >= 0.6 is 0 Å². The molecular formula is C33H50N2. The maximum atomic E-state index is 5.00. The highest BCUT2D eigenvalue weighted by Crippen LogP contribution is 2.20. The summed E-state index contributed by atoms with van der Waals surface area (Å²) < 4.78 is 0. The van der Waals surface area contributed by atoms with Crippen LogP contribution < -0.4 is 0 Å². The Morgan fingerprint density at radius 2 is 0.943 bits per heavy atom. The number of hydrogen-bond acceptors (Lipinski definition) is 2. The molecule has 0 bridgehead atoms. The molecule has 0 saturated heterocycles. The number of benzene rings is 2. The lowest BCUT2D eigenvalue weighted by molar-refractivity contribution is 0.541. The molecule has 2 nitrogen and oxygen atoms in total. The van der Waals surface area contributed by atoms with Crippen LogP contribution in [0, 0.1) is 27.7 Å². The number of rotatable bonds is 17. The van der Waals surface area contributed by atoms with Crippen molar-refractivity contribution in [2.24, 2.45) is 9.98 Å². The molecule has 2 aromatic rings. The van der Waals surface area contributed by atoms with Gasteiger partial charge in [-0.1, -0.05) is 96.1 Å². The minimum absolute atomic E-state index is 0.985. The van der Waals surface area contributed by atoms with Crippen molar-refractivity contribution >= 4 is 23.3 Å². The van der Waals surface area contributed by atoms with E-state index in [1.807, 2.05) is 6.21 Å². The van der Waals surface area contributed by atoms with E-state index in [0.29, 0.717) is 0 Å². The maximum absolute atomic E-state index is 5.00. The molecule has 0 aliphatic heterocycles. The van der Waals surface area contributed by atoms with Crippen LogP contribution in [0.2, 0.25) is 0 Å². The maximum Gasteiger partial charge on any atom is 0.0638 e. The first-order valence-corrected chi connectivity index (χ1v) is 14.2. The molecule has 0 spiro atoms. The van der Waals surface area contributed by atoms with Crippen LogP contribution in [0.5, 0.6) is 0 Å². The van der Waals surface area contributed by atoms with Crippen LogP contribution in [0.25, 0.3) is 0 Å². The van der Waals surface area contributed by atoms with Crippen molar-refractivity contribution in [2.45, 2.75) is 125 Å². The fourth-order valence-corrected chi connectivity index (χ4v) is 4.83. The second-order valence-electron chi connectivity index (χ2n) is 10.5. The molecule has 2 rings (SSSR count). The average molecular weight is 475 g/mol. The zero-order valence-corrected chi connectivity index (χ0v) is 23.3. The molecule has 0 radical (unpaired) electrons. The normalized spacial score (nSPS) is 12.1. The van der Waals surface area contributed by atoms with Crippen LogP contribution in [0.15, 0.2) is 46.4 Å². The lowest BCUT2D eigenvalue weighted by atomic mass is 10.0. The highest BCUT2D eigenvalue weighted by atomic mass is 14.8. The smallest absolute Gasteiger partial charge is 0.0638 e. The predicted octanol–water partition coefficient (Wildman–Crippen LogP) is 10.9. The lowest BCUT2D eigenvalue weighted by Crippen LogP contribution is -2.00. The number of nitrogens with zero attached hydrogens (tertiary/aromatic N) is 2. The van der Waals surface area contributed by atoms with Crippen molar-refractivity contribution in [1.29, 1.82) is 0 Å². The van der Waals surface area contributed by atoms with Crippen molar-refractivity contribution in [3.05, 3.63) is 58.7 Å². The highest BCUT2D eigenvalue weighted by molar-refractivity contribution is 6.31. The van der Waals surface area contributed by atoms with Gasteiger partial charge in [-0.2, -0.15) is 0 Å². The quantitative estimate of drug-likeness (QED) is 0.161. The second kappa shape index (κ2) is 17.2. The van der Waals surface area contributed by atoms with Crippen LogP contribution in [0.1, 0.15) is 119 Å². The first-order chi connectivity index (χ1) is 17.0. The number of aliphatic imine (C=N–C) groups is 2. The van der Waals surface area contributed by atoms with Gasteiger partial charge >= 0.3 is 0 Å². The molecule has 2 aromatic carbocycles. The summed E-state index contributed by atoms with van der Waals surface area (Å²) in [5.41, 5.74) is 8.16. The molecule has 0 heterocycles. The molecule has 0 aliphatic carbocycles. The molecule has 2 heteroatoms. The summed E-state index contributed by atoms with van der Waals surface area (Å²) in [5, 5.41) is 0. The summed E-state index contributed by atoms with van der Waals surface area (Å²) in [7, 11) is 0. The standard InChI is InChI=1S/C33H50N2/c1-6-7-8-9-10-11-12-13-14-15-16-17-18-19-31(35-33-24-29(4)21-30(5)25-33)26-34-32-22-27(2)20-28(3)23-32/h20-26H,6-19H2,1-5H3. The van der Waals surface area contributed by atoms with E-state index in [0.717, 1.165) is 23.5 Å². The Balaban J connectivity index is 1.80. The van der Waals surface area contributed by atoms with Crippen molar-refractivity contribution in [3.8, 4) is 0 Å². The summed E-state index contributed by atoms with van der Waals surface area (Å²) in [5.74, 6) is 0. The zero-order chi connectivity index (χ0) is 25.3. The molecule has 0 unspecified atom stereocenters. The third-order valence-corrected chi connectivity index (χ3v) is 6.58. The molecule has 0 saturated carbocycles. The molecule has 0 aromatic heterocycles. The summed E-state index contributed by atoms with van der Waals surface area (Å²) in [4.78, 5) is 9.80. The Morgan fingerprint density at radius 3 is 1.40 bits per heavy atom. The molecular weight excluding hydrogens is 424 g/mol. The molecule has 192 valence electrons. The highest BCUT2D eigenvalue weighted by Gasteiger charge is 2.02. The van der Waals surface area contributed by atoms with Crippen LogP contribution in [-0.2, 0) is 0 Å². The Morgan fingerprint density at radius 1 is 0.543 bits per heavy atom. The zero-order valence-electron chi connectivity index (χ0n) is 23.3. The number of unbranched alkanes of at least 4 members (excludes halogenated alkanes) is 12. The van der Waals surface area contributed by atoms with E-state index >= 15 is 0 Å². The van der Waals surface area contributed by atoms with Crippen molar-refractivity contribution in [1.82, 2.24) is 0 Å². The Hall–Kier alpha value is -2.22. The Bertz CT molecular complexity index is 882. The summed E-state index contributed by atoms with van der Waals surface area (Å²) in [6.07, 6.45) is 20.9. The topological polar surface area (TPSA) is 24.7 Å². The van der Waals surface area contributed by atoms with Crippen LogP contribution in [0.3, 0.4) is 0 Å². The third-order valence-electron chi connectivity index (χ3n) is 6.58. The monoisotopic (exact) mass is 474 g/mol. The third kappa shape index (κ3) is 13.4. The second-order valence-corrected chi connectivity index (χ2v) is 10.5. The molecule has 0 fully saturated rings. The largest absolute Gasteiger partial charge is 0.255 e. The van der Waals surface area contributed by atoms with Gasteiger partial charge in [0.15, 0.2) is 0 Å². The Kier molecular flexibility index (Phi) is 14.3. The van der Waals surface area contributed by atoms with E-state index < -0.39 is 0 Å². The van der Waals surface area contributed by atoms with Crippen molar-refractivity contribution in [2.75, 3.05) is 0 Å². The van der Waals surface area contributed by atoms with Gasteiger partial charge in [0.2, 0.25) is 0 Å². The fourth-order valence-electron chi connectivity index (χ4n) is 4.83. The minimum atomic E-state index is 0.985. The first kappa shape index (κ1) is 29.0. The molecule has 35 heavy (non-hydrogen) atoms. The van der Waals surface area contributed by atoms with E-state index in [1.165, 1.54) is 106 Å². The molecule has 0 atom stereocenters. The van der Waals surface area contributed by atoms with E-state index in [2.05, 4.69) is 71.0 Å². The molecule has 0 amide bonds. The van der Waals surface area contributed by atoms with E-state index in [1.54, 1.807) is 0 Å². The minimum Gasteiger partial charge on any atom is -0.255 e. The summed E-state index contributed by atoms with van der Waals surface area (Å²) in [6, 6.07) is 13.0. The summed E-state index contributed by atoms with van der Waals surface area (Å²) in [6.45, 7) is 10.8. The van der Waals surface area contributed by atoms with Gasteiger partial charge in [-0.15, -0.1) is 0 Å².